The van der Waals surface area contributed by atoms with Gasteiger partial charge in [-0.05, 0) is 57.5 Å². The Bertz CT molecular complexity index is 1520. The fourth-order valence-electron chi connectivity index (χ4n) is 4.41. The van der Waals surface area contributed by atoms with E-state index in [4.69, 9.17) is 9.47 Å². The third-order valence-electron chi connectivity index (χ3n) is 6.22. The van der Waals surface area contributed by atoms with Gasteiger partial charge in [-0.15, -0.1) is 0 Å². The summed E-state index contributed by atoms with van der Waals surface area (Å²) in [5.41, 5.74) is 4.01. The third-order valence-corrected chi connectivity index (χ3v) is 6.22. The first-order chi connectivity index (χ1) is 17.9. The predicted octanol–water partition coefficient (Wildman–Crippen LogP) is 4.25. The Labute approximate surface area is 214 Å². The van der Waals surface area contributed by atoms with Crippen LogP contribution in [0.1, 0.15) is 41.9 Å². The lowest BCUT2D eigenvalue weighted by atomic mass is 10.1. The Morgan fingerprint density at radius 3 is 2.57 bits per heavy atom. The lowest BCUT2D eigenvalue weighted by molar-refractivity contribution is -0.116. The highest BCUT2D eigenvalue weighted by atomic mass is 16.5. The van der Waals surface area contributed by atoms with Crippen LogP contribution in [-0.2, 0) is 22.5 Å². The van der Waals surface area contributed by atoms with Crippen LogP contribution in [0.15, 0.2) is 59.4 Å². The highest BCUT2D eigenvalue weighted by Crippen LogP contribution is 2.29. The standard InChI is InChI=1S/C28H30N4O5/c1-5-31-18(3)21(14-15-25(33)29-20-11-9-10-19(16-20)28(35)37-6-2)27(34)32-26(31)17-23(30-32)22-12-7-8-13-24(22)36-4/h7-13,16-17H,5-6,14-15H2,1-4H3,(H,29,33). The minimum atomic E-state index is -0.450. The van der Waals surface area contributed by atoms with E-state index < -0.39 is 5.97 Å². The highest BCUT2D eigenvalue weighted by molar-refractivity contribution is 5.94. The number of esters is 1. The predicted molar refractivity (Wildman–Crippen MR) is 141 cm³/mol. The van der Waals surface area contributed by atoms with Gasteiger partial charge in [0, 0.05) is 41.5 Å². The van der Waals surface area contributed by atoms with E-state index in [1.807, 2.05) is 48.7 Å². The summed E-state index contributed by atoms with van der Waals surface area (Å²) in [5, 5.41) is 7.40. The third kappa shape index (κ3) is 5.25. The minimum Gasteiger partial charge on any atom is -0.496 e. The number of hydrogen-bond acceptors (Lipinski definition) is 6. The number of nitrogens with zero attached hydrogens (tertiary/aromatic N) is 3. The maximum absolute atomic E-state index is 13.4. The molecule has 0 radical (unpaired) electrons. The van der Waals surface area contributed by atoms with Crippen LogP contribution in [0.4, 0.5) is 5.69 Å². The average molecular weight is 503 g/mol. The number of benzene rings is 2. The van der Waals surface area contributed by atoms with Crippen LogP contribution in [0, 0.1) is 6.92 Å². The molecule has 2 aromatic heterocycles. The van der Waals surface area contributed by atoms with E-state index >= 15 is 0 Å². The molecule has 2 aromatic carbocycles. The molecule has 0 saturated heterocycles. The van der Waals surface area contributed by atoms with Crippen molar-refractivity contribution in [1.82, 2.24) is 14.2 Å². The molecule has 9 heteroatoms. The zero-order chi connectivity index (χ0) is 26.5. The number of methoxy groups -OCH3 is 1. The summed E-state index contributed by atoms with van der Waals surface area (Å²) in [6.45, 7) is 6.52. The van der Waals surface area contributed by atoms with Crippen LogP contribution in [0.3, 0.4) is 0 Å². The lowest BCUT2D eigenvalue weighted by Crippen LogP contribution is -2.26. The number of aryl methyl sites for hydroxylation is 1. The summed E-state index contributed by atoms with van der Waals surface area (Å²) in [4.78, 5) is 38.1. The molecule has 0 aliphatic rings. The molecule has 192 valence electrons. The van der Waals surface area contributed by atoms with Gasteiger partial charge in [0.25, 0.3) is 5.56 Å². The molecule has 0 bridgehead atoms. The first-order valence-corrected chi connectivity index (χ1v) is 12.2. The van der Waals surface area contributed by atoms with E-state index in [9.17, 15) is 14.4 Å². The first kappa shape index (κ1) is 25.7. The number of para-hydroxylation sites is 1. The second-order valence-corrected chi connectivity index (χ2v) is 8.46. The number of ether oxygens (including phenoxy) is 2. The van der Waals surface area contributed by atoms with Crippen LogP contribution in [0.2, 0.25) is 0 Å². The molecule has 1 amide bonds. The summed E-state index contributed by atoms with van der Waals surface area (Å²) in [5.74, 6) is -0.0467. The van der Waals surface area contributed by atoms with Crippen LogP contribution in [0.5, 0.6) is 5.75 Å². The number of rotatable bonds is 9. The van der Waals surface area contributed by atoms with Gasteiger partial charge in [0.05, 0.1) is 25.0 Å². The van der Waals surface area contributed by atoms with Crippen molar-refractivity contribution in [3.63, 3.8) is 0 Å². The zero-order valence-corrected chi connectivity index (χ0v) is 21.4. The van der Waals surface area contributed by atoms with Crippen molar-refractivity contribution in [1.29, 1.82) is 0 Å². The molecule has 0 fully saturated rings. The summed E-state index contributed by atoms with van der Waals surface area (Å²) in [6, 6.07) is 16.0. The van der Waals surface area contributed by atoms with E-state index in [1.165, 1.54) is 4.52 Å². The molecule has 1 N–H and O–H groups in total. The SMILES string of the molecule is CCOC(=O)c1cccc(NC(=O)CCc2c(C)n(CC)c3cc(-c4ccccc4OC)nn3c2=O)c1. The van der Waals surface area contributed by atoms with E-state index in [-0.39, 0.29) is 30.9 Å². The Morgan fingerprint density at radius 1 is 1.05 bits per heavy atom. The summed E-state index contributed by atoms with van der Waals surface area (Å²) >= 11 is 0. The Kier molecular flexibility index (Phi) is 7.71. The van der Waals surface area contributed by atoms with Crippen molar-refractivity contribution in [2.75, 3.05) is 19.0 Å². The van der Waals surface area contributed by atoms with Gasteiger partial charge in [0.15, 0.2) is 0 Å². The van der Waals surface area contributed by atoms with Crippen molar-refractivity contribution < 1.29 is 19.1 Å². The van der Waals surface area contributed by atoms with Crippen LogP contribution in [-0.4, -0.2) is 39.8 Å². The monoisotopic (exact) mass is 502 g/mol. The molecule has 0 spiro atoms. The molecule has 0 aliphatic heterocycles. The number of aromatic nitrogens is 3. The van der Waals surface area contributed by atoms with Gasteiger partial charge in [-0.1, -0.05) is 18.2 Å². The Hall–Kier alpha value is -4.40. The second-order valence-electron chi connectivity index (χ2n) is 8.46. The second kappa shape index (κ2) is 11.1. The molecule has 0 aliphatic carbocycles. The molecule has 0 atom stereocenters. The van der Waals surface area contributed by atoms with Gasteiger partial charge in [-0.3, -0.25) is 9.59 Å². The summed E-state index contributed by atoms with van der Waals surface area (Å²) < 4.78 is 13.9. The molecule has 4 rings (SSSR count). The number of carbonyl (C=O) groups is 2. The number of nitrogens with one attached hydrogen (secondary N) is 1. The van der Waals surface area contributed by atoms with Crippen molar-refractivity contribution in [3.8, 4) is 17.0 Å². The fourth-order valence-corrected chi connectivity index (χ4v) is 4.41. The molecule has 4 aromatic rings. The first-order valence-electron chi connectivity index (χ1n) is 12.2. The number of amides is 1. The smallest absolute Gasteiger partial charge is 0.338 e. The van der Waals surface area contributed by atoms with Gasteiger partial charge in [0.2, 0.25) is 5.91 Å². The molecule has 0 saturated carbocycles. The van der Waals surface area contributed by atoms with Crippen molar-refractivity contribution >= 4 is 23.2 Å². The number of hydrogen-bond donors (Lipinski definition) is 1. The molecular weight excluding hydrogens is 472 g/mol. The molecule has 37 heavy (non-hydrogen) atoms. The van der Waals surface area contributed by atoms with Gasteiger partial charge >= 0.3 is 5.97 Å². The van der Waals surface area contributed by atoms with Crippen LogP contribution in [0.25, 0.3) is 16.9 Å². The van der Waals surface area contributed by atoms with E-state index in [0.29, 0.717) is 40.4 Å². The number of carbonyl (C=O) groups excluding carboxylic acids is 2. The zero-order valence-electron chi connectivity index (χ0n) is 21.4. The number of anilines is 1. The normalized spacial score (nSPS) is 10.9. The van der Waals surface area contributed by atoms with Crippen LogP contribution < -0.4 is 15.6 Å². The van der Waals surface area contributed by atoms with Crippen molar-refractivity contribution in [2.24, 2.45) is 0 Å². The number of fused-ring (bicyclic) bond motifs is 1. The van der Waals surface area contributed by atoms with Gasteiger partial charge in [-0.25, -0.2) is 4.79 Å². The van der Waals surface area contributed by atoms with Crippen molar-refractivity contribution in [2.45, 2.75) is 40.2 Å². The minimum absolute atomic E-state index is 0.0928. The van der Waals surface area contributed by atoms with Gasteiger partial charge in [0.1, 0.15) is 11.4 Å². The van der Waals surface area contributed by atoms with Gasteiger partial charge < -0.3 is 19.4 Å². The summed E-state index contributed by atoms with van der Waals surface area (Å²) in [6.07, 6.45) is 0.337. The molecule has 2 heterocycles. The lowest BCUT2D eigenvalue weighted by Gasteiger charge is -2.14. The maximum Gasteiger partial charge on any atom is 0.338 e. The van der Waals surface area contributed by atoms with Crippen LogP contribution >= 0.6 is 0 Å². The topological polar surface area (TPSA) is 104 Å². The quantitative estimate of drug-likeness (QED) is 0.343. The molecular formula is C28H30N4O5. The molecule has 9 nitrogen and oxygen atoms in total. The largest absolute Gasteiger partial charge is 0.496 e. The maximum atomic E-state index is 13.4. The van der Waals surface area contributed by atoms with E-state index in [0.717, 1.165) is 11.3 Å². The van der Waals surface area contributed by atoms with Gasteiger partial charge in [-0.2, -0.15) is 9.61 Å². The van der Waals surface area contributed by atoms with E-state index in [1.54, 1.807) is 38.3 Å². The highest BCUT2D eigenvalue weighted by Gasteiger charge is 2.19. The molecule has 0 unspecified atom stereocenters. The Balaban J connectivity index is 1.59. The average Bonchev–Trinajstić information content (AvgIpc) is 3.34. The summed E-state index contributed by atoms with van der Waals surface area (Å²) in [7, 11) is 1.60. The van der Waals surface area contributed by atoms with E-state index in [2.05, 4.69) is 10.4 Å². The van der Waals surface area contributed by atoms with Crippen molar-refractivity contribution in [3.05, 3.63) is 81.8 Å². The fraction of sp³-hybridized carbons (Fsp3) is 0.286. The Morgan fingerprint density at radius 2 is 1.84 bits per heavy atom.